The van der Waals surface area contributed by atoms with Gasteiger partial charge in [-0.15, -0.1) is 0 Å². The van der Waals surface area contributed by atoms with Crippen LogP contribution in [0.25, 0.3) is 0 Å². The summed E-state index contributed by atoms with van der Waals surface area (Å²) in [6, 6.07) is 2.75. The summed E-state index contributed by atoms with van der Waals surface area (Å²) in [5.41, 5.74) is 5.59. The summed E-state index contributed by atoms with van der Waals surface area (Å²) in [4.78, 5) is 17.2. The van der Waals surface area contributed by atoms with Crippen molar-refractivity contribution in [3.63, 3.8) is 0 Å². The molecule has 1 unspecified atom stereocenters. The molecule has 1 heterocycles. The Hall–Kier alpha value is -1.33. The van der Waals surface area contributed by atoms with Gasteiger partial charge >= 0.3 is 0 Å². The van der Waals surface area contributed by atoms with Crippen LogP contribution in [0.2, 0.25) is 5.02 Å². The molecule has 0 radical (unpaired) electrons. The normalized spacial score (nSPS) is 12.2. The van der Waals surface area contributed by atoms with E-state index in [9.17, 15) is 4.79 Å². The number of nitrogens with two attached hydrogens (primary N) is 1. The monoisotopic (exact) mass is 243 g/mol. The Morgan fingerprint density at radius 2 is 2.31 bits per heavy atom. The number of halogens is 1. The van der Waals surface area contributed by atoms with Gasteiger partial charge in [-0.25, -0.2) is 4.98 Å². The number of nitrogens with zero attached hydrogens (tertiary/aromatic N) is 2. The first-order valence-corrected chi connectivity index (χ1v) is 5.15. The van der Waals surface area contributed by atoms with Gasteiger partial charge in [-0.05, 0) is 19.1 Å². The lowest BCUT2D eigenvalue weighted by Crippen LogP contribution is -2.37. The zero-order valence-corrected chi connectivity index (χ0v) is 9.90. The number of pyridine rings is 1. The molecule has 0 aliphatic heterocycles. The quantitative estimate of drug-likeness (QED) is 0.822. The minimum Gasteiger partial charge on any atom is -0.394 e. The molecule has 88 valence electrons. The van der Waals surface area contributed by atoms with Crippen LogP contribution in [0.5, 0.6) is 0 Å². The standard InChI is InChI=1S/C10H14ClN3O2/c1-6(5-15)14(2)10(16)9-7(11)3-4-8(12)13-9/h3-4,6,15H,5H2,1-2H3,(H2,12,13). The van der Waals surface area contributed by atoms with Gasteiger partial charge in [0.2, 0.25) is 0 Å². The van der Waals surface area contributed by atoms with Gasteiger partial charge in [0.05, 0.1) is 17.7 Å². The molecule has 0 saturated heterocycles. The lowest BCUT2D eigenvalue weighted by molar-refractivity contribution is 0.0676. The first-order valence-electron chi connectivity index (χ1n) is 4.77. The number of aliphatic hydroxyl groups is 1. The average Bonchev–Trinajstić information content (AvgIpc) is 2.29. The summed E-state index contributed by atoms with van der Waals surface area (Å²) in [5, 5.41) is 9.20. The topological polar surface area (TPSA) is 79.5 Å². The Bertz CT molecular complexity index is 398. The summed E-state index contributed by atoms with van der Waals surface area (Å²) >= 11 is 5.85. The van der Waals surface area contributed by atoms with Crippen molar-refractivity contribution in [2.75, 3.05) is 19.4 Å². The highest BCUT2D eigenvalue weighted by Gasteiger charge is 2.20. The smallest absolute Gasteiger partial charge is 0.274 e. The van der Waals surface area contributed by atoms with Crippen LogP contribution in [0.3, 0.4) is 0 Å². The molecule has 3 N–H and O–H groups in total. The van der Waals surface area contributed by atoms with Crippen LogP contribution < -0.4 is 5.73 Å². The van der Waals surface area contributed by atoms with Gasteiger partial charge in [0, 0.05) is 7.05 Å². The molecule has 16 heavy (non-hydrogen) atoms. The van der Waals surface area contributed by atoms with E-state index in [2.05, 4.69) is 4.98 Å². The molecule has 0 saturated carbocycles. The van der Waals surface area contributed by atoms with Crippen LogP contribution in [0.15, 0.2) is 12.1 Å². The summed E-state index contributed by atoms with van der Waals surface area (Å²) in [6.07, 6.45) is 0. The maximum absolute atomic E-state index is 11.9. The van der Waals surface area contributed by atoms with Crippen LogP contribution in [0, 0.1) is 0 Å². The summed E-state index contributed by atoms with van der Waals surface area (Å²) in [7, 11) is 1.57. The molecule has 1 rings (SSSR count). The zero-order chi connectivity index (χ0) is 12.3. The third-order valence-corrected chi connectivity index (χ3v) is 2.62. The first kappa shape index (κ1) is 12.7. The molecular weight excluding hydrogens is 230 g/mol. The van der Waals surface area contributed by atoms with E-state index in [0.29, 0.717) is 0 Å². The number of amides is 1. The molecule has 0 aromatic carbocycles. The van der Waals surface area contributed by atoms with E-state index >= 15 is 0 Å². The molecule has 0 aliphatic carbocycles. The number of aliphatic hydroxyl groups excluding tert-OH is 1. The van der Waals surface area contributed by atoms with Crippen molar-refractivity contribution >= 4 is 23.3 Å². The highest BCUT2D eigenvalue weighted by atomic mass is 35.5. The molecule has 6 heteroatoms. The van der Waals surface area contributed by atoms with Crippen molar-refractivity contribution in [3.05, 3.63) is 22.8 Å². The first-order chi connectivity index (χ1) is 7.47. The Morgan fingerprint density at radius 1 is 1.69 bits per heavy atom. The number of likely N-dealkylation sites (N-methyl/N-ethyl adjacent to an activating group) is 1. The molecule has 1 amide bonds. The zero-order valence-electron chi connectivity index (χ0n) is 9.14. The van der Waals surface area contributed by atoms with Gasteiger partial charge in [0.1, 0.15) is 11.5 Å². The van der Waals surface area contributed by atoms with Gasteiger partial charge in [-0.2, -0.15) is 0 Å². The van der Waals surface area contributed by atoms with E-state index in [1.54, 1.807) is 14.0 Å². The van der Waals surface area contributed by atoms with E-state index in [4.69, 9.17) is 22.4 Å². The number of anilines is 1. The van der Waals surface area contributed by atoms with Crippen LogP contribution in [0.1, 0.15) is 17.4 Å². The highest BCUT2D eigenvalue weighted by Crippen LogP contribution is 2.17. The molecule has 0 spiro atoms. The maximum Gasteiger partial charge on any atom is 0.274 e. The molecule has 0 fully saturated rings. The number of hydrogen-bond donors (Lipinski definition) is 2. The van der Waals surface area contributed by atoms with Crippen molar-refractivity contribution in [2.45, 2.75) is 13.0 Å². The Labute approximate surface area is 98.8 Å². The van der Waals surface area contributed by atoms with Crippen LogP contribution >= 0.6 is 11.6 Å². The minimum atomic E-state index is -0.362. The second-order valence-corrected chi connectivity index (χ2v) is 3.92. The highest BCUT2D eigenvalue weighted by molar-refractivity contribution is 6.33. The fraction of sp³-hybridized carbons (Fsp3) is 0.400. The minimum absolute atomic E-state index is 0.101. The molecule has 1 atom stereocenters. The number of carbonyl (C=O) groups is 1. The van der Waals surface area contributed by atoms with Gasteiger partial charge in [0.15, 0.2) is 0 Å². The SMILES string of the molecule is CC(CO)N(C)C(=O)c1nc(N)ccc1Cl. The number of carbonyl (C=O) groups excluding carboxylic acids is 1. The lowest BCUT2D eigenvalue weighted by atomic mass is 10.2. The van der Waals surface area contributed by atoms with Crippen molar-refractivity contribution in [1.82, 2.24) is 9.88 Å². The fourth-order valence-electron chi connectivity index (χ4n) is 1.10. The van der Waals surface area contributed by atoms with Crippen molar-refractivity contribution in [2.24, 2.45) is 0 Å². The van der Waals surface area contributed by atoms with E-state index in [1.807, 2.05) is 0 Å². The number of nitrogen functional groups attached to an aromatic ring is 1. The van der Waals surface area contributed by atoms with E-state index in [-0.39, 0.29) is 35.1 Å². The molecule has 0 bridgehead atoms. The summed E-state index contributed by atoms with van der Waals surface area (Å²) in [5.74, 6) is -0.128. The van der Waals surface area contributed by atoms with E-state index in [0.717, 1.165) is 0 Å². The Balaban J connectivity index is 3.00. The van der Waals surface area contributed by atoms with E-state index in [1.165, 1.54) is 17.0 Å². The second kappa shape index (κ2) is 5.14. The van der Waals surface area contributed by atoms with Crippen molar-refractivity contribution < 1.29 is 9.90 Å². The number of aromatic nitrogens is 1. The van der Waals surface area contributed by atoms with Crippen LogP contribution in [-0.2, 0) is 0 Å². The average molecular weight is 244 g/mol. The lowest BCUT2D eigenvalue weighted by Gasteiger charge is -2.23. The van der Waals surface area contributed by atoms with Crippen molar-refractivity contribution in [1.29, 1.82) is 0 Å². The van der Waals surface area contributed by atoms with Gasteiger partial charge in [-0.1, -0.05) is 11.6 Å². The molecular formula is C10H14ClN3O2. The Kier molecular flexibility index (Phi) is 4.09. The van der Waals surface area contributed by atoms with Crippen molar-refractivity contribution in [3.8, 4) is 0 Å². The third kappa shape index (κ3) is 2.62. The third-order valence-electron chi connectivity index (χ3n) is 2.32. The van der Waals surface area contributed by atoms with Gasteiger partial charge in [0.25, 0.3) is 5.91 Å². The molecule has 0 aliphatic rings. The Morgan fingerprint density at radius 3 is 2.88 bits per heavy atom. The number of hydrogen-bond acceptors (Lipinski definition) is 4. The fourth-order valence-corrected chi connectivity index (χ4v) is 1.28. The van der Waals surface area contributed by atoms with E-state index < -0.39 is 0 Å². The van der Waals surface area contributed by atoms with Crippen LogP contribution in [-0.4, -0.2) is 40.6 Å². The van der Waals surface area contributed by atoms with Crippen LogP contribution in [0.4, 0.5) is 5.82 Å². The summed E-state index contributed by atoms with van der Waals surface area (Å²) in [6.45, 7) is 1.60. The largest absolute Gasteiger partial charge is 0.394 e. The molecule has 5 nitrogen and oxygen atoms in total. The second-order valence-electron chi connectivity index (χ2n) is 3.51. The van der Waals surface area contributed by atoms with Gasteiger partial charge < -0.3 is 15.7 Å². The molecule has 1 aromatic heterocycles. The predicted molar refractivity (Wildman–Crippen MR) is 62.3 cm³/mol. The summed E-state index contributed by atoms with van der Waals surface area (Å²) < 4.78 is 0. The number of rotatable bonds is 3. The molecule has 1 aromatic rings. The predicted octanol–water partition coefficient (Wildman–Crippen LogP) is 0.770. The van der Waals surface area contributed by atoms with Gasteiger partial charge in [-0.3, -0.25) is 4.79 Å². The maximum atomic E-state index is 11.9.